The third kappa shape index (κ3) is 1.67. The number of tetrazole rings is 1. The Balaban J connectivity index is 2.40. The van der Waals surface area contributed by atoms with Gasteiger partial charge < -0.3 is 9.84 Å². The first-order valence-corrected chi connectivity index (χ1v) is 6.21. The van der Waals surface area contributed by atoms with E-state index < -0.39 is 0 Å². The molecule has 0 fully saturated rings. The van der Waals surface area contributed by atoms with E-state index in [1.807, 2.05) is 0 Å². The zero-order chi connectivity index (χ0) is 13.6. The molecular formula is C13H16N4O2. The van der Waals surface area contributed by atoms with Crippen molar-refractivity contribution in [3.8, 4) is 22.9 Å². The monoisotopic (exact) mass is 260 g/mol. The van der Waals surface area contributed by atoms with Crippen LogP contribution in [0.25, 0.3) is 11.4 Å². The number of aromatic nitrogens is 4. The Bertz CT molecular complexity index is 634. The fourth-order valence-electron chi connectivity index (χ4n) is 2.69. The molecule has 1 aromatic heterocycles. The van der Waals surface area contributed by atoms with Crippen molar-refractivity contribution in [3.05, 3.63) is 17.7 Å². The highest BCUT2D eigenvalue weighted by Crippen LogP contribution is 2.46. The third-order valence-corrected chi connectivity index (χ3v) is 3.75. The van der Waals surface area contributed by atoms with Crippen LogP contribution >= 0.6 is 0 Å². The molecule has 1 aromatic carbocycles. The zero-order valence-corrected chi connectivity index (χ0v) is 11.2. The van der Waals surface area contributed by atoms with Crippen molar-refractivity contribution in [2.75, 3.05) is 7.11 Å². The SMILES string of the molecule is COc1ccc(O)c2c1-c1nnnn1CCC2(C)C. The molecule has 100 valence electrons. The predicted octanol–water partition coefficient (Wildman–Crippen LogP) is 1.74. The summed E-state index contributed by atoms with van der Waals surface area (Å²) in [7, 11) is 1.61. The lowest BCUT2D eigenvalue weighted by molar-refractivity contribution is 0.392. The first-order chi connectivity index (χ1) is 9.04. The van der Waals surface area contributed by atoms with E-state index in [2.05, 4.69) is 29.4 Å². The van der Waals surface area contributed by atoms with Crippen molar-refractivity contribution in [2.45, 2.75) is 32.2 Å². The molecule has 6 nitrogen and oxygen atoms in total. The molecule has 0 aliphatic carbocycles. The molecule has 3 rings (SSSR count). The van der Waals surface area contributed by atoms with Gasteiger partial charge in [-0.25, -0.2) is 4.68 Å². The van der Waals surface area contributed by atoms with Crippen LogP contribution in [-0.4, -0.2) is 32.4 Å². The molecule has 19 heavy (non-hydrogen) atoms. The summed E-state index contributed by atoms with van der Waals surface area (Å²) in [6.45, 7) is 4.92. The second-order valence-corrected chi connectivity index (χ2v) is 5.40. The van der Waals surface area contributed by atoms with Crippen LogP contribution in [0.3, 0.4) is 0 Å². The maximum Gasteiger partial charge on any atom is 0.186 e. The molecule has 0 spiro atoms. The van der Waals surface area contributed by atoms with Crippen LogP contribution in [0, 0.1) is 0 Å². The molecule has 0 bridgehead atoms. The Hall–Kier alpha value is -2.11. The van der Waals surface area contributed by atoms with Gasteiger partial charge in [-0.15, -0.1) is 5.10 Å². The molecule has 0 amide bonds. The summed E-state index contributed by atoms with van der Waals surface area (Å²) in [6.07, 6.45) is 0.846. The maximum absolute atomic E-state index is 10.3. The average Bonchev–Trinajstić information content (AvgIpc) is 2.79. The number of phenolic OH excluding ortho intramolecular Hbond substituents is 1. The second-order valence-electron chi connectivity index (χ2n) is 5.40. The molecule has 1 N–H and O–H groups in total. The van der Waals surface area contributed by atoms with Crippen LogP contribution in [0.4, 0.5) is 0 Å². The molecule has 1 aliphatic rings. The smallest absolute Gasteiger partial charge is 0.186 e. The predicted molar refractivity (Wildman–Crippen MR) is 69.1 cm³/mol. The van der Waals surface area contributed by atoms with E-state index in [9.17, 15) is 5.11 Å². The standard InChI is InChI=1S/C13H16N4O2/c1-13(2)6-7-17-12(14-15-16-17)10-9(19-3)5-4-8(18)11(10)13/h4-5,18H,6-7H2,1-3H3. The number of fused-ring (bicyclic) bond motifs is 3. The normalized spacial score (nSPS) is 16.4. The summed E-state index contributed by atoms with van der Waals surface area (Å²) in [6, 6.07) is 3.41. The molecule has 2 aromatic rings. The number of aryl methyl sites for hydroxylation is 1. The second kappa shape index (κ2) is 3.94. The van der Waals surface area contributed by atoms with Gasteiger partial charge in [0.25, 0.3) is 0 Å². The van der Waals surface area contributed by atoms with Gasteiger partial charge in [-0.3, -0.25) is 0 Å². The molecule has 6 heteroatoms. The van der Waals surface area contributed by atoms with Crippen LogP contribution < -0.4 is 4.74 Å². The third-order valence-electron chi connectivity index (χ3n) is 3.75. The van der Waals surface area contributed by atoms with Gasteiger partial charge in [0.05, 0.1) is 12.7 Å². The van der Waals surface area contributed by atoms with Crippen LogP contribution in [0.1, 0.15) is 25.8 Å². The van der Waals surface area contributed by atoms with Gasteiger partial charge in [0, 0.05) is 12.1 Å². The number of hydrogen-bond acceptors (Lipinski definition) is 5. The Kier molecular flexibility index (Phi) is 2.48. The minimum absolute atomic E-state index is 0.184. The lowest BCUT2D eigenvalue weighted by Crippen LogP contribution is -2.19. The highest BCUT2D eigenvalue weighted by atomic mass is 16.5. The van der Waals surface area contributed by atoms with Crippen LogP contribution in [0.5, 0.6) is 11.5 Å². The minimum Gasteiger partial charge on any atom is -0.508 e. The van der Waals surface area contributed by atoms with E-state index >= 15 is 0 Å². The molecule has 0 saturated heterocycles. The minimum atomic E-state index is -0.184. The number of rotatable bonds is 1. The van der Waals surface area contributed by atoms with Crippen molar-refractivity contribution >= 4 is 0 Å². The van der Waals surface area contributed by atoms with Crippen molar-refractivity contribution < 1.29 is 9.84 Å². The number of methoxy groups -OCH3 is 1. The van der Waals surface area contributed by atoms with Crippen LogP contribution in [0.2, 0.25) is 0 Å². The summed E-state index contributed by atoms with van der Waals surface area (Å²) < 4.78 is 7.18. The molecule has 0 atom stereocenters. The Morgan fingerprint density at radius 1 is 1.37 bits per heavy atom. The number of benzene rings is 1. The van der Waals surface area contributed by atoms with Crippen LogP contribution in [-0.2, 0) is 12.0 Å². The summed E-state index contributed by atoms with van der Waals surface area (Å²) >= 11 is 0. The van der Waals surface area contributed by atoms with Gasteiger partial charge in [-0.05, 0) is 34.4 Å². The summed E-state index contributed by atoms with van der Waals surface area (Å²) in [5.74, 6) is 1.59. The molecular weight excluding hydrogens is 244 g/mol. The number of aromatic hydroxyl groups is 1. The number of phenols is 1. The van der Waals surface area contributed by atoms with Gasteiger partial charge >= 0.3 is 0 Å². The van der Waals surface area contributed by atoms with E-state index in [0.29, 0.717) is 18.1 Å². The summed E-state index contributed by atoms with van der Waals surface area (Å²) in [4.78, 5) is 0. The van der Waals surface area contributed by atoms with E-state index in [1.165, 1.54) is 0 Å². The van der Waals surface area contributed by atoms with E-state index in [-0.39, 0.29) is 11.2 Å². The molecule has 0 radical (unpaired) electrons. The quantitative estimate of drug-likeness (QED) is 0.845. The largest absolute Gasteiger partial charge is 0.508 e. The van der Waals surface area contributed by atoms with Crippen molar-refractivity contribution in [2.24, 2.45) is 0 Å². The highest BCUT2D eigenvalue weighted by molar-refractivity contribution is 5.73. The molecule has 0 unspecified atom stereocenters. The Morgan fingerprint density at radius 3 is 2.89 bits per heavy atom. The maximum atomic E-state index is 10.3. The fourth-order valence-corrected chi connectivity index (χ4v) is 2.69. The summed E-state index contributed by atoms with van der Waals surface area (Å²) in [5.41, 5.74) is 1.45. The number of ether oxygens (including phenoxy) is 1. The lowest BCUT2D eigenvalue weighted by Gasteiger charge is -2.26. The van der Waals surface area contributed by atoms with Gasteiger partial charge in [0.1, 0.15) is 11.5 Å². The van der Waals surface area contributed by atoms with Gasteiger partial charge in [0.15, 0.2) is 5.82 Å². The van der Waals surface area contributed by atoms with Crippen molar-refractivity contribution in [1.29, 1.82) is 0 Å². The van der Waals surface area contributed by atoms with E-state index in [1.54, 1.807) is 23.9 Å². The number of hydrogen-bond donors (Lipinski definition) is 1. The van der Waals surface area contributed by atoms with E-state index in [0.717, 1.165) is 17.5 Å². The first kappa shape index (κ1) is 12.0. The molecule has 0 saturated carbocycles. The van der Waals surface area contributed by atoms with Gasteiger partial charge in [-0.1, -0.05) is 13.8 Å². The molecule has 2 heterocycles. The molecule has 1 aliphatic heterocycles. The van der Waals surface area contributed by atoms with Crippen molar-refractivity contribution in [3.63, 3.8) is 0 Å². The highest BCUT2D eigenvalue weighted by Gasteiger charge is 2.34. The van der Waals surface area contributed by atoms with E-state index in [4.69, 9.17) is 4.74 Å². The lowest BCUT2D eigenvalue weighted by atomic mass is 9.79. The van der Waals surface area contributed by atoms with Crippen LogP contribution in [0.15, 0.2) is 12.1 Å². The summed E-state index contributed by atoms with van der Waals surface area (Å²) in [5, 5.41) is 22.1. The van der Waals surface area contributed by atoms with Gasteiger partial charge in [0.2, 0.25) is 0 Å². The topological polar surface area (TPSA) is 73.1 Å². The fraction of sp³-hybridized carbons (Fsp3) is 0.462. The Labute approximate surface area is 111 Å². The zero-order valence-electron chi connectivity index (χ0n) is 11.2. The number of nitrogens with zero attached hydrogens (tertiary/aromatic N) is 4. The van der Waals surface area contributed by atoms with Gasteiger partial charge in [-0.2, -0.15) is 0 Å². The van der Waals surface area contributed by atoms with Crippen molar-refractivity contribution in [1.82, 2.24) is 20.2 Å². The first-order valence-electron chi connectivity index (χ1n) is 6.21. The Morgan fingerprint density at radius 2 is 2.16 bits per heavy atom. The average molecular weight is 260 g/mol.